The van der Waals surface area contributed by atoms with Gasteiger partial charge in [0.2, 0.25) is 0 Å². The van der Waals surface area contributed by atoms with Crippen molar-refractivity contribution in [1.82, 2.24) is 5.32 Å². The Balaban J connectivity index is 1.91. The molecule has 98 valence electrons. The van der Waals surface area contributed by atoms with Gasteiger partial charge in [0, 0.05) is 6.42 Å². The number of rotatable bonds is 1. The molecule has 1 fully saturated rings. The Morgan fingerprint density at radius 3 is 2.56 bits per heavy atom. The number of benzene rings is 1. The monoisotopic (exact) mass is 249 g/mol. The maximum absolute atomic E-state index is 10.7. The van der Waals surface area contributed by atoms with Crippen LogP contribution in [0, 0.1) is 0 Å². The second-order valence-electron chi connectivity index (χ2n) is 4.99. The molecule has 0 bridgehead atoms. The van der Waals surface area contributed by atoms with E-state index in [2.05, 4.69) is 5.32 Å². The van der Waals surface area contributed by atoms with Crippen LogP contribution in [0.5, 0.6) is 11.5 Å². The SMILES string of the molecule is OC1(c2ccc3c(c2)OCCCO3)CCNCC1. The van der Waals surface area contributed by atoms with Gasteiger partial charge >= 0.3 is 0 Å². The summed E-state index contributed by atoms with van der Waals surface area (Å²) >= 11 is 0. The van der Waals surface area contributed by atoms with Crippen molar-refractivity contribution in [2.75, 3.05) is 26.3 Å². The largest absolute Gasteiger partial charge is 0.490 e. The first-order valence-corrected chi connectivity index (χ1v) is 6.61. The van der Waals surface area contributed by atoms with E-state index in [1.807, 2.05) is 18.2 Å². The Labute approximate surface area is 107 Å². The quantitative estimate of drug-likeness (QED) is 0.790. The molecule has 0 amide bonds. The van der Waals surface area contributed by atoms with Crippen molar-refractivity contribution in [2.45, 2.75) is 24.9 Å². The molecular formula is C14H19NO3. The molecule has 2 aliphatic heterocycles. The highest BCUT2D eigenvalue weighted by Crippen LogP contribution is 2.37. The van der Waals surface area contributed by atoms with Gasteiger partial charge in [-0.25, -0.2) is 0 Å². The minimum absolute atomic E-state index is 0.677. The molecule has 0 saturated carbocycles. The van der Waals surface area contributed by atoms with Gasteiger partial charge in [-0.15, -0.1) is 0 Å². The van der Waals surface area contributed by atoms with Gasteiger partial charge in [0.1, 0.15) is 0 Å². The summed E-state index contributed by atoms with van der Waals surface area (Å²) in [7, 11) is 0. The maximum Gasteiger partial charge on any atom is 0.161 e. The molecule has 0 aromatic heterocycles. The van der Waals surface area contributed by atoms with Crippen molar-refractivity contribution in [3.63, 3.8) is 0 Å². The third kappa shape index (κ3) is 2.18. The molecule has 0 atom stereocenters. The lowest BCUT2D eigenvalue weighted by Crippen LogP contribution is -2.39. The van der Waals surface area contributed by atoms with Crippen LogP contribution in [0.3, 0.4) is 0 Å². The predicted molar refractivity (Wildman–Crippen MR) is 68.0 cm³/mol. The highest BCUT2D eigenvalue weighted by atomic mass is 16.5. The molecule has 1 saturated heterocycles. The molecule has 0 radical (unpaired) electrons. The Kier molecular flexibility index (Phi) is 3.14. The van der Waals surface area contributed by atoms with Crippen molar-refractivity contribution in [3.05, 3.63) is 23.8 Å². The second-order valence-corrected chi connectivity index (χ2v) is 4.99. The molecule has 2 heterocycles. The van der Waals surface area contributed by atoms with Crippen LogP contribution in [0.15, 0.2) is 18.2 Å². The van der Waals surface area contributed by atoms with E-state index in [9.17, 15) is 5.11 Å². The third-order valence-electron chi connectivity index (χ3n) is 3.72. The molecule has 0 spiro atoms. The van der Waals surface area contributed by atoms with Gasteiger partial charge < -0.3 is 19.9 Å². The second kappa shape index (κ2) is 4.78. The van der Waals surface area contributed by atoms with Gasteiger partial charge in [-0.1, -0.05) is 6.07 Å². The lowest BCUT2D eigenvalue weighted by Gasteiger charge is -2.33. The van der Waals surface area contributed by atoms with Crippen molar-refractivity contribution in [2.24, 2.45) is 0 Å². The molecule has 1 aromatic rings. The first kappa shape index (κ1) is 11.8. The van der Waals surface area contributed by atoms with Crippen LogP contribution in [0.1, 0.15) is 24.8 Å². The van der Waals surface area contributed by atoms with Crippen LogP contribution >= 0.6 is 0 Å². The molecule has 18 heavy (non-hydrogen) atoms. The maximum atomic E-state index is 10.7. The Morgan fingerprint density at radius 1 is 1.06 bits per heavy atom. The zero-order valence-electron chi connectivity index (χ0n) is 10.4. The van der Waals surface area contributed by atoms with Crippen molar-refractivity contribution in [3.8, 4) is 11.5 Å². The van der Waals surface area contributed by atoms with Gasteiger partial charge in [-0.05, 0) is 43.6 Å². The first-order chi connectivity index (χ1) is 8.78. The third-order valence-corrected chi connectivity index (χ3v) is 3.72. The normalized spacial score (nSPS) is 22.3. The number of aliphatic hydroxyl groups is 1. The van der Waals surface area contributed by atoms with Gasteiger partial charge in [-0.2, -0.15) is 0 Å². The molecular weight excluding hydrogens is 230 g/mol. The molecule has 4 nitrogen and oxygen atoms in total. The van der Waals surface area contributed by atoms with Crippen molar-refractivity contribution in [1.29, 1.82) is 0 Å². The zero-order valence-corrected chi connectivity index (χ0v) is 10.4. The topological polar surface area (TPSA) is 50.7 Å². The Hall–Kier alpha value is -1.26. The van der Waals surface area contributed by atoms with Crippen LogP contribution in [0.2, 0.25) is 0 Å². The fraction of sp³-hybridized carbons (Fsp3) is 0.571. The minimum Gasteiger partial charge on any atom is -0.490 e. The summed E-state index contributed by atoms with van der Waals surface area (Å²) in [5.74, 6) is 1.55. The van der Waals surface area contributed by atoms with Crippen molar-refractivity contribution < 1.29 is 14.6 Å². The van der Waals surface area contributed by atoms with Gasteiger partial charge in [0.25, 0.3) is 0 Å². The summed E-state index contributed by atoms with van der Waals surface area (Å²) in [6.45, 7) is 3.08. The van der Waals surface area contributed by atoms with Crippen LogP contribution in [-0.2, 0) is 5.60 Å². The smallest absolute Gasteiger partial charge is 0.161 e. The number of nitrogens with one attached hydrogen (secondary N) is 1. The van der Waals surface area contributed by atoms with E-state index in [4.69, 9.17) is 9.47 Å². The highest BCUT2D eigenvalue weighted by Gasteiger charge is 2.32. The average molecular weight is 249 g/mol. The fourth-order valence-electron chi connectivity index (χ4n) is 2.58. The highest BCUT2D eigenvalue weighted by molar-refractivity contribution is 5.45. The summed E-state index contributed by atoms with van der Waals surface area (Å²) in [6.07, 6.45) is 2.39. The summed E-state index contributed by atoms with van der Waals surface area (Å²) in [5.41, 5.74) is 0.212. The standard InChI is InChI=1S/C14H19NO3/c16-14(4-6-15-7-5-14)11-2-3-12-13(10-11)18-9-1-8-17-12/h2-3,10,15-16H,1,4-9H2. The van der Waals surface area contributed by atoms with Crippen molar-refractivity contribution >= 4 is 0 Å². The van der Waals surface area contributed by atoms with E-state index in [1.165, 1.54) is 0 Å². The molecule has 4 heteroatoms. The summed E-state index contributed by atoms with van der Waals surface area (Å²) in [4.78, 5) is 0. The molecule has 1 aromatic carbocycles. The van der Waals surface area contributed by atoms with Crippen LogP contribution in [0.4, 0.5) is 0 Å². The van der Waals surface area contributed by atoms with E-state index in [0.717, 1.165) is 49.4 Å². The number of piperidine rings is 1. The first-order valence-electron chi connectivity index (χ1n) is 6.61. The molecule has 2 aliphatic rings. The lowest BCUT2D eigenvalue weighted by atomic mass is 9.85. The fourth-order valence-corrected chi connectivity index (χ4v) is 2.58. The van der Waals surface area contributed by atoms with E-state index >= 15 is 0 Å². The van der Waals surface area contributed by atoms with Crippen LogP contribution in [0.25, 0.3) is 0 Å². The Morgan fingerprint density at radius 2 is 1.78 bits per heavy atom. The average Bonchev–Trinajstić information content (AvgIpc) is 2.64. The van der Waals surface area contributed by atoms with Crippen LogP contribution < -0.4 is 14.8 Å². The molecule has 0 aliphatic carbocycles. The van der Waals surface area contributed by atoms with E-state index < -0.39 is 5.60 Å². The lowest BCUT2D eigenvalue weighted by molar-refractivity contribution is 0.00571. The number of fused-ring (bicyclic) bond motifs is 1. The van der Waals surface area contributed by atoms with E-state index in [1.54, 1.807) is 0 Å². The molecule has 3 rings (SSSR count). The summed E-state index contributed by atoms with van der Waals surface area (Å²) < 4.78 is 11.3. The van der Waals surface area contributed by atoms with Crippen LogP contribution in [-0.4, -0.2) is 31.4 Å². The van der Waals surface area contributed by atoms with Gasteiger partial charge in [-0.3, -0.25) is 0 Å². The van der Waals surface area contributed by atoms with E-state index in [-0.39, 0.29) is 0 Å². The molecule has 2 N–H and O–H groups in total. The number of hydrogen-bond acceptors (Lipinski definition) is 4. The molecule has 0 unspecified atom stereocenters. The number of ether oxygens (including phenoxy) is 2. The van der Waals surface area contributed by atoms with Gasteiger partial charge in [0.15, 0.2) is 11.5 Å². The minimum atomic E-state index is -0.726. The van der Waals surface area contributed by atoms with E-state index in [0.29, 0.717) is 13.2 Å². The zero-order chi connectivity index (χ0) is 12.4. The summed E-state index contributed by atoms with van der Waals surface area (Å²) in [6, 6.07) is 5.81. The number of hydrogen-bond donors (Lipinski definition) is 2. The summed E-state index contributed by atoms with van der Waals surface area (Å²) in [5, 5.41) is 13.9. The predicted octanol–water partition coefficient (Wildman–Crippen LogP) is 1.42. The Bertz CT molecular complexity index is 427. The van der Waals surface area contributed by atoms with Gasteiger partial charge in [0.05, 0.1) is 18.8 Å².